The second-order valence-electron chi connectivity index (χ2n) is 8.41. The van der Waals surface area contributed by atoms with Gasteiger partial charge < -0.3 is 19.6 Å². The maximum absolute atomic E-state index is 13.3. The lowest BCUT2D eigenvalue weighted by molar-refractivity contribution is -0.140. The predicted octanol–water partition coefficient (Wildman–Crippen LogP) is 4.84. The van der Waals surface area contributed by atoms with Crippen LogP contribution in [0.3, 0.4) is 0 Å². The van der Waals surface area contributed by atoms with Crippen LogP contribution in [0.15, 0.2) is 66.5 Å². The van der Waals surface area contributed by atoms with Crippen molar-refractivity contribution in [1.29, 1.82) is 0 Å². The lowest BCUT2D eigenvalue weighted by Crippen LogP contribution is -2.29. The number of aliphatic hydroxyl groups excluding tert-OH is 1. The number of aliphatic hydroxyl groups is 1. The summed E-state index contributed by atoms with van der Waals surface area (Å²) in [4.78, 5) is 34.0. The Balaban J connectivity index is 1.66. The van der Waals surface area contributed by atoms with Crippen LogP contribution in [0.1, 0.15) is 22.7 Å². The summed E-state index contributed by atoms with van der Waals surface area (Å²) in [6, 6.07) is 12.8. The van der Waals surface area contributed by atoms with E-state index in [-0.39, 0.29) is 22.9 Å². The fourth-order valence-corrected chi connectivity index (χ4v) is 4.72. The lowest BCUT2D eigenvalue weighted by Gasteiger charge is -2.28. The Kier molecular flexibility index (Phi) is 6.13. The van der Waals surface area contributed by atoms with Crippen molar-refractivity contribution in [3.05, 3.63) is 93.2 Å². The van der Waals surface area contributed by atoms with Crippen molar-refractivity contribution in [2.24, 2.45) is 0 Å². The van der Waals surface area contributed by atoms with Gasteiger partial charge in [-0.1, -0.05) is 35.3 Å². The molecule has 1 N–H and O–H groups in total. The van der Waals surface area contributed by atoms with Gasteiger partial charge in [0.15, 0.2) is 0 Å². The first kappa shape index (κ1) is 23.2. The first-order valence-corrected chi connectivity index (χ1v) is 11.7. The highest BCUT2D eigenvalue weighted by Gasteiger charge is 2.46. The van der Waals surface area contributed by atoms with Crippen LogP contribution < -0.4 is 9.64 Å². The van der Waals surface area contributed by atoms with Gasteiger partial charge in [0, 0.05) is 31.5 Å². The monoisotopic (exact) mass is 509 g/mol. The first-order chi connectivity index (χ1) is 16.8. The summed E-state index contributed by atoms with van der Waals surface area (Å²) in [6.07, 6.45) is 3.26. The standard InChI is InChI=1S/C26H21Cl2N3O4/c1-30-9-10-35-21-7-5-17(12-20(21)30)24(32)22-23(16-4-6-18(27)19(28)11-16)31(26(34)25(22)33)14-15-3-2-8-29-13-15/h2-8,11-13,23,32H,9-10,14H2,1H3/b24-22-. The number of hydrogen-bond acceptors (Lipinski definition) is 6. The molecule has 5 rings (SSSR count). The van der Waals surface area contributed by atoms with E-state index in [9.17, 15) is 14.7 Å². The highest BCUT2D eigenvalue weighted by molar-refractivity contribution is 6.46. The number of benzene rings is 2. The number of ketones is 1. The largest absolute Gasteiger partial charge is 0.507 e. The number of Topliss-reactive ketones (excluding diaryl/α,β-unsaturated/α-hetero) is 1. The van der Waals surface area contributed by atoms with Crippen LogP contribution in [0, 0.1) is 0 Å². The highest BCUT2D eigenvalue weighted by Crippen LogP contribution is 2.43. The fourth-order valence-electron chi connectivity index (χ4n) is 4.41. The number of halogens is 2. The van der Waals surface area contributed by atoms with Crippen LogP contribution in [0.5, 0.6) is 5.75 Å². The zero-order valence-electron chi connectivity index (χ0n) is 18.7. The van der Waals surface area contributed by atoms with Crippen LogP contribution in [0.4, 0.5) is 5.69 Å². The number of anilines is 1. The van der Waals surface area contributed by atoms with E-state index in [0.29, 0.717) is 35.1 Å². The van der Waals surface area contributed by atoms with Crippen molar-refractivity contribution in [3.8, 4) is 5.75 Å². The normalized spacial score (nSPS) is 19.0. The first-order valence-electron chi connectivity index (χ1n) is 11.0. The van der Waals surface area contributed by atoms with Gasteiger partial charge in [-0.25, -0.2) is 0 Å². The molecule has 1 unspecified atom stereocenters. The van der Waals surface area contributed by atoms with E-state index in [1.54, 1.807) is 54.9 Å². The average molecular weight is 510 g/mol. The third kappa shape index (κ3) is 4.22. The van der Waals surface area contributed by atoms with Crippen LogP contribution >= 0.6 is 23.2 Å². The van der Waals surface area contributed by atoms with E-state index < -0.39 is 17.7 Å². The van der Waals surface area contributed by atoms with E-state index in [0.717, 1.165) is 11.3 Å². The zero-order chi connectivity index (χ0) is 24.7. The van der Waals surface area contributed by atoms with E-state index in [4.69, 9.17) is 27.9 Å². The van der Waals surface area contributed by atoms with Gasteiger partial charge in [-0.3, -0.25) is 14.6 Å². The molecule has 3 heterocycles. The number of rotatable bonds is 4. The third-order valence-electron chi connectivity index (χ3n) is 6.20. The summed E-state index contributed by atoms with van der Waals surface area (Å²) in [5.41, 5.74) is 2.48. The number of pyridine rings is 1. The molecule has 1 atom stereocenters. The Bertz CT molecular complexity index is 1360. The van der Waals surface area contributed by atoms with Gasteiger partial charge in [0.25, 0.3) is 11.7 Å². The maximum atomic E-state index is 13.3. The van der Waals surface area contributed by atoms with Gasteiger partial charge in [-0.05, 0) is 47.5 Å². The Morgan fingerprint density at radius 1 is 1.14 bits per heavy atom. The van der Waals surface area contributed by atoms with E-state index in [2.05, 4.69) is 4.98 Å². The van der Waals surface area contributed by atoms with Crippen LogP contribution in [-0.4, -0.2) is 46.9 Å². The molecule has 0 aliphatic carbocycles. The summed E-state index contributed by atoms with van der Waals surface area (Å²) >= 11 is 12.4. The number of aromatic nitrogens is 1. The molecule has 0 radical (unpaired) electrons. The molecule has 0 spiro atoms. The van der Waals surface area contributed by atoms with Gasteiger partial charge in [-0.2, -0.15) is 0 Å². The number of fused-ring (bicyclic) bond motifs is 1. The summed E-state index contributed by atoms with van der Waals surface area (Å²) < 4.78 is 5.69. The predicted molar refractivity (Wildman–Crippen MR) is 134 cm³/mol. The molecule has 1 amide bonds. The van der Waals surface area contributed by atoms with Crippen LogP contribution in [-0.2, 0) is 16.1 Å². The van der Waals surface area contributed by atoms with Crippen LogP contribution in [0.2, 0.25) is 10.0 Å². The molecule has 1 aromatic heterocycles. The third-order valence-corrected chi connectivity index (χ3v) is 6.94. The number of amides is 1. The van der Waals surface area contributed by atoms with Crippen molar-refractivity contribution in [2.45, 2.75) is 12.6 Å². The van der Waals surface area contributed by atoms with E-state index in [1.165, 1.54) is 4.90 Å². The molecule has 2 aliphatic rings. The van der Waals surface area contributed by atoms with Gasteiger partial charge >= 0.3 is 0 Å². The topological polar surface area (TPSA) is 83.0 Å². The number of carbonyl (C=O) groups excluding carboxylic acids is 2. The number of carbonyl (C=O) groups is 2. The summed E-state index contributed by atoms with van der Waals surface area (Å²) in [5.74, 6) is -1.07. The van der Waals surface area contributed by atoms with Crippen molar-refractivity contribution in [2.75, 3.05) is 25.1 Å². The van der Waals surface area contributed by atoms with Crippen molar-refractivity contribution in [3.63, 3.8) is 0 Å². The Morgan fingerprint density at radius 2 is 1.97 bits per heavy atom. The number of likely N-dealkylation sites (tertiary alicyclic amines) is 1. The van der Waals surface area contributed by atoms with E-state index in [1.807, 2.05) is 18.0 Å². The van der Waals surface area contributed by atoms with E-state index >= 15 is 0 Å². The highest BCUT2D eigenvalue weighted by atomic mass is 35.5. The zero-order valence-corrected chi connectivity index (χ0v) is 20.3. The molecular weight excluding hydrogens is 489 g/mol. The molecule has 2 aliphatic heterocycles. The molecule has 1 saturated heterocycles. The number of nitrogens with zero attached hydrogens (tertiary/aromatic N) is 3. The SMILES string of the molecule is CN1CCOc2ccc(/C(O)=C3/C(=O)C(=O)N(Cc4cccnc4)C3c3ccc(Cl)c(Cl)c3)cc21. The molecule has 0 bridgehead atoms. The van der Waals surface area contributed by atoms with Gasteiger partial charge in [-0.15, -0.1) is 0 Å². The molecule has 9 heteroatoms. The number of ether oxygens (including phenoxy) is 1. The lowest BCUT2D eigenvalue weighted by atomic mass is 9.95. The molecule has 3 aromatic rings. The quantitative estimate of drug-likeness (QED) is 0.307. The van der Waals surface area contributed by atoms with Crippen LogP contribution in [0.25, 0.3) is 5.76 Å². The summed E-state index contributed by atoms with van der Waals surface area (Å²) in [6.45, 7) is 1.38. The second-order valence-corrected chi connectivity index (χ2v) is 9.23. The molecule has 178 valence electrons. The minimum Gasteiger partial charge on any atom is -0.507 e. The molecule has 35 heavy (non-hydrogen) atoms. The van der Waals surface area contributed by atoms with Crippen molar-refractivity contribution < 1.29 is 19.4 Å². The Morgan fingerprint density at radius 3 is 2.71 bits per heavy atom. The maximum Gasteiger partial charge on any atom is 0.295 e. The summed E-state index contributed by atoms with van der Waals surface area (Å²) in [7, 11) is 1.92. The minimum absolute atomic E-state index is 0.0170. The average Bonchev–Trinajstić information content (AvgIpc) is 3.11. The fraction of sp³-hybridized carbons (Fsp3) is 0.192. The number of hydrogen-bond donors (Lipinski definition) is 1. The smallest absolute Gasteiger partial charge is 0.295 e. The molecule has 7 nitrogen and oxygen atoms in total. The molecule has 1 fully saturated rings. The van der Waals surface area contributed by atoms with Crippen molar-refractivity contribution in [1.82, 2.24) is 9.88 Å². The van der Waals surface area contributed by atoms with Gasteiger partial charge in [0.05, 0.1) is 33.9 Å². The molecular formula is C26H21Cl2N3O4. The minimum atomic E-state index is -0.866. The Labute approximate surface area is 212 Å². The second kappa shape index (κ2) is 9.24. The summed E-state index contributed by atoms with van der Waals surface area (Å²) in [5, 5.41) is 12.0. The van der Waals surface area contributed by atoms with Gasteiger partial charge in [0.1, 0.15) is 18.1 Å². The Hall–Kier alpha value is -3.55. The molecule has 0 saturated carbocycles. The van der Waals surface area contributed by atoms with Crippen molar-refractivity contribution >= 4 is 46.3 Å². The van der Waals surface area contributed by atoms with Gasteiger partial charge in [0.2, 0.25) is 0 Å². The molecule has 2 aromatic carbocycles. The number of likely N-dealkylation sites (N-methyl/N-ethyl adjacent to an activating group) is 1.